The minimum atomic E-state index is -0.668. The van der Waals surface area contributed by atoms with Crippen LogP contribution >= 0.6 is 39.1 Å². The molecule has 1 nitrogen and oxygen atoms in total. The molecule has 2 rings (SSSR count). The lowest BCUT2D eigenvalue weighted by molar-refractivity contribution is 0.491. The fourth-order valence-corrected chi connectivity index (χ4v) is 3.21. The van der Waals surface area contributed by atoms with Gasteiger partial charge in [-0.2, -0.15) is 0 Å². The van der Waals surface area contributed by atoms with Gasteiger partial charge in [-0.05, 0) is 48.7 Å². The smallest absolute Gasteiger partial charge is 0.141 e. The zero-order valence-electron chi connectivity index (χ0n) is 10.8. The fraction of sp³-hybridized carbons (Fsp3) is 0.200. The van der Waals surface area contributed by atoms with Crippen LogP contribution in [-0.2, 0) is 12.0 Å². The summed E-state index contributed by atoms with van der Waals surface area (Å²) >= 11 is 15.4. The van der Waals surface area contributed by atoms with Gasteiger partial charge in [-0.3, -0.25) is 0 Å². The van der Waals surface area contributed by atoms with E-state index in [0.29, 0.717) is 11.4 Å². The number of hydrogen-bond donors (Lipinski definition) is 1. The molecule has 0 spiro atoms. The number of rotatable bonds is 3. The summed E-state index contributed by atoms with van der Waals surface area (Å²) in [6, 6.07) is 10.2. The van der Waals surface area contributed by atoms with Crippen LogP contribution in [0.4, 0.5) is 4.39 Å². The first kappa shape index (κ1) is 15.8. The Labute approximate surface area is 136 Å². The van der Waals surface area contributed by atoms with Gasteiger partial charge in [0.2, 0.25) is 0 Å². The molecule has 0 aromatic heterocycles. The van der Waals surface area contributed by atoms with Crippen molar-refractivity contribution in [3.63, 3.8) is 0 Å². The molecule has 2 aromatic carbocycles. The summed E-state index contributed by atoms with van der Waals surface area (Å²) in [6.45, 7) is 1.89. The highest BCUT2D eigenvalue weighted by molar-refractivity contribution is 9.10. The molecule has 5 heteroatoms. The maximum absolute atomic E-state index is 13.2. The fourth-order valence-electron chi connectivity index (χ4n) is 2.12. The summed E-state index contributed by atoms with van der Waals surface area (Å²) in [6.07, 6.45) is 0.508. The van der Waals surface area contributed by atoms with Gasteiger partial charge in [-0.1, -0.05) is 51.3 Å². The van der Waals surface area contributed by atoms with Crippen molar-refractivity contribution in [3.05, 3.63) is 67.9 Å². The molecule has 0 saturated carbocycles. The predicted octanol–water partition coefficient (Wildman–Crippen LogP) is 5.31. The second kappa shape index (κ2) is 6.02. The van der Waals surface area contributed by atoms with Gasteiger partial charge in [0.05, 0.1) is 5.02 Å². The van der Waals surface area contributed by atoms with Gasteiger partial charge >= 0.3 is 0 Å². The Balaban J connectivity index is 2.32. The Morgan fingerprint density at radius 2 is 1.85 bits per heavy atom. The second-order valence-electron chi connectivity index (χ2n) is 4.97. The number of hydrogen-bond acceptors (Lipinski definition) is 1. The van der Waals surface area contributed by atoms with Gasteiger partial charge < -0.3 is 5.73 Å². The molecule has 20 heavy (non-hydrogen) atoms. The summed E-state index contributed by atoms with van der Waals surface area (Å²) < 4.78 is 14.1. The van der Waals surface area contributed by atoms with Crippen LogP contribution in [0.5, 0.6) is 0 Å². The lowest BCUT2D eigenvalue weighted by Crippen LogP contribution is -2.35. The van der Waals surface area contributed by atoms with E-state index in [9.17, 15) is 4.39 Å². The van der Waals surface area contributed by atoms with Crippen molar-refractivity contribution in [2.24, 2.45) is 5.73 Å². The molecule has 0 amide bonds. The highest BCUT2D eigenvalue weighted by atomic mass is 79.9. The largest absolute Gasteiger partial charge is 0.321 e. The van der Waals surface area contributed by atoms with E-state index >= 15 is 0 Å². The highest BCUT2D eigenvalue weighted by Gasteiger charge is 2.24. The molecule has 0 fully saturated rings. The summed E-state index contributed by atoms with van der Waals surface area (Å²) in [5.74, 6) is -0.434. The highest BCUT2D eigenvalue weighted by Crippen LogP contribution is 2.32. The summed E-state index contributed by atoms with van der Waals surface area (Å²) in [5.41, 5.74) is 7.40. The molecule has 0 radical (unpaired) electrons. The molecule has 0 bridgehead atoms. The van der Waals surface area contributed by atoms with Crippen molar-refractivity contribution in [1.82, 2.24) is 0 Å². The molecule has 0 saturated heterocycles. The zero-order chi connectivity index (χ0) is 14.9. The van der Waals surface area contributed by atoms with Crippen LogP contribution in [0.3, 0.4) is 0 Å². The third-order valence-corrected chi connectivity index (χ3v) is 4.20. The summed E-state index contributed by atoms with van der Waals surface area (Å²) in [4.78, 5) is 0. The van der Waals surface area contributed by atoms with Gasteiger partial charge in [-0.25, -0.2) is 4.39 Å². The Kier molecular flexibility index (Phi) is 4.75. The molecule has 0 aliphatic heterocycles. The Morgan fingerprint density at radius 1 is 1.15 bits per heavy atom. The number of benzene rings is 2. The van der Waals surface area contributed by atoms with Crippen molar-refractivity contribution >= 4 is 39.1 Å². The van der Waals surface area contributed by atoms with Crippen LogP contribution in [0.15, 0.2) is 40.9 Å². The van der Waals surface area contributed by atoms with E-state index in [4.69, 9.17) is 28.9 Å². The van der Waals surface area contributed by atoms with Gasteiger partial charge in [0, 0.05) is 15.0 Å². The zero-order valence-corrected chi connectivity index (χ0v) is 13.9. The quantitative estimate of drug-likeness (QED) is 0.771. The first-order chi connectivity index (χ1) is 9.29. The minimum absolute atomic E-state index is 0.0974. The first-order valence-corrected chi connectivity index (χ1v) is 7.53. The van der Waals surface area contributed by atoms with Crippen LogP contribution in [0, 0.1) is 5.82 Å². The molecule has 0 aliphatic carbocycles. The molecular formula is C15H13BrCl2FN. The van der Waals surface area contributed by atoms with E-state index in [2.05, 4.69) is 15.9 Å². The van der Waals surface area contributed by atoms with E-state index < -0.39 is 11.4 Å². The Hall–Kier alpha value is -0.610. The van der Waals surface area contributed by atoms with E-state index in [-0.39, 0.29) is 5.02 Å². The molecule has 2 N–H and O–H groups in total. The molecule has 1 unspecified atom stereocenters. The predicted molar refractivity (Wildman–Crippen MR) is 85.8 cm³/mol. The van der Waals surface area contributed by atoms with Crippen LogP contribution < -0.4 is 5.73 Å². The lowest BCUT2D eigenvalue weighted by Gasteiger charge is -2.26. The first-order valence-electron chi connectivity index (χ1n) is 5.98. The molecule has 106 valence electrons. The van der Waals surface area contributed by atoms with Gasteiger partial charge in [0.15, 0.2) is 0 Å². The van der Waals surface area contributed by atoms with Crippen LogP contribution in [0.1, 0.15) is 18.1 Å². The third-order valence-electron chi connectivity index (χ3n) is 3.10. The normalized spacial score (nSPS) is 14.1. The van der Waals surface area contributed by atoms with Crippen molar-refractivity contribution in [2.75, 3.05) is 0 Å². The Morgan fingerprint density at radius 3 is 2.45 bits per heavy atom. The van der Waals surface area contributed by atoms with E-state index in [1.807, 2.05) is 19.1 Å². The average molecular weight is 377 g/mol. The van der Waals surface area contributed by atoms with E-state index in [1.165, 1.54) is 6.07 Å². The standard InChI is InChI=1S/C15H13BrCl2FN/c1-15(20,11-4-3-10(16)7-12(11)17)8-9-2-5-14(19)13(18)6-9/h2-7H,8,20H2,1H3. The molecule has 0 aliphatic rings. The molecule has 0 heterocycles. The van der Waals surface area contributed by atoms with Gasteiger partial charge in [0.1, 0.15) is 5.82 Å². The molecular weight excluding hydrogens is 364 g/mol. The number of nitrogens with two attached hydrogens (primary N) is 1. The monoisotopic (exact) mass is 375 g/mol. The third kappa shape index (κ3) is 3.53. The van der Waals surface area contributed by atoms with Crippen LogP contribution in [0.25, 0.3) is 0 Å². The second-order valence-corrected chi connectivity index (χ2v) is 6.70. The van der Waals surface area contributed by atoms with Crippen molar-refractivity contribution in [1.29, 1.82) is 0 Å². The summed E-state index contributed by atoms with van der Waals surface area (Å²) in [7, 11) is 0. The maximum Gasteiger partial charge on any atom is 0.141 e. The SMILES string of the molecule is CC(N)(Cc1ccc(F)c(Cl)c1)c1ccc(Br)cc1Cl. The Bertz CT molecular complexity index is 644. The van der Waals surface area contributed by atoms with Crippen molar-refractivity contribution in [2.45, 2.75) is 18.9 Å². The van der Waals surface area contributed by atoms with E-state index in [0.717, 1.165) is 15.6 Å². The maximum atomic E-state index is 13.2. The number of halogens is 4. The summed E-state index contributed by atoms with van der Waals surface area (Å²) in [5, 5.41) is 0.692. The van der Waals surface area contributed by atoms with Gasteiger partial charge in [0.25, 0.3) is 0 Å². The van der Waals surface area contributed by atoms with Gasteiger partial charge in [-0.15, -0.1) is 0 Å². The van der Waals surface area contributed by atoms with Crippen molar-refractivity contribution in [3.8, 4) is 0 Å². The molecule has 1 atom stereocenters. The van der Waals surface area contributed by atoms with Crippen LogP contribution in [0.2, 0.25) is 10.0 Å². The average Bonchev–Trinajstić information content (AvgIpc) is 2.33. The minimum Gasteiger partial charge on any atom is -0.321 e. The molecule has 2 aromatic rings. The topological polar surface area (TPSA) is 26.0 Å². The van der Waals surface area contributed by atoms with Crippen LogP contribution in [-0.4, -0.2) is 0 Å². The van der Waals surface area contributed by atoms with E-state index in [1.54, 1.807) is 18.2 Å². The lowest BCUT2D eigenvalue weighted by atomic mass is 9.86. The van der Waals surface area contributed by atoms with Crippen molar-refractivity contribution < 1.29 is 4.39 Å².